The van der Waals surface area contributed by atoms with Crippen molar-refractivity contribution in [3.63, 3.8) is 0 Å². The number of amides is 1. The smallest absolute Gasteiger partial charge is 0.270 e. The fourth-order valence-electron chi connectivity index (χ4n) is 4.23. The lowest BCUT2D eigenvalue weighted by Crippen LogP contribution is -2.37. The number of aryl methyl sites for hydroxylation is 1. The summed E-state index contributed by atoms with van der Waals surface area (Å²) < 4.78 is 6.88. The van der Waals surface area contributed by atoms with Crippen molar-refractivity contribution in [2.24, 2.45) is 13.0 Å². The van der Waals surface area contributed by atoms with E-state index < -0.39 is 0 Å². The van der Waals surface area contributed by atoms with E-state index in [9.17, 15) is 9.59 Å². The normalized spacial score (nSPS) is 25.9. The first-order chi connectivity index (χ1) is 11.5. The van der Waals surface area contributed by atoms with Crippen LogP contribution in [0, 0.1) is 12.8 Å². The number of fused-ring (bicyclic) bond motifs is 1. The Bertz CT molecular complexity index is 856. The molecule has 1 aliphatic carbocycles. The third-order valence-corrected chi connectivity index (χ3v) is 5.52. The van der Waals surface area contributed by atoms with Gasteiger partial charge in [0.1, 0.15) is 5.69 Å². The second-order valence-electron chi connectivity index (χ2n) is 6.89. The van der Waals surface area contributed by atoms with E-state index in [-0.39, 0.29) is 16.9 Å². The Balaban J connectivity index is 1.67. The molecule has 1 aliphatic heterocycles. The van der Waals surface area contributed by atoms with E-state index in [4.69, 9.17) is 4.52 Å². The van der Waals surface area contributed by atoms with Gasteiger partial charge in [0.05, 0.1) is 5.41 Å². The van der Waals surface area contributed by atoms with Crippen LogP contribution in [0.15, 0.2) is 27.5 Å². The van der Waals surface area contributed by atoms with Crippen LogP contribution in [-0.2, 0) is 12.5 Å². The van der Waals surface area contributed by atoms with E-state index in [1.54, 1.807) is 19.2 Å². The highest BCUT2D eigenvalue weighted by atomic mass is 16.5. The molecule has 0 unspecified atom stereocenters. The summed E-state index contributed by atoms with van der Waals surface area (Å²) in [5.74, 6) is 1.50. The van der Waals surface area contributed by atoms with E-state index in [2.05, 4.69) is 10.1 Å². The number of likely N-dealkylation sites (tertiary alicyclic amines) is 1. The predicted octanol–water partition coefficient (Wildman–Crippen LogP) is 1.27. The van der Waals surface area contributed by atoms with E-state index in [1.807, 2.05) is 11.8 Å². The van der Waals surface area contributed by atoms with Gasteiger partial charge < -0.3 is 14.0 Å². The Morgan fingerprint density at radius 1 is 1.42 bits per heavy atom. The molecule has 1 saturated heterocycles. The monoisotopic (exact) mass is 328 g/mol. The number of aromatic nitrogens is 3. The second kappa shape index (κ2) is 5.29. The maximum atomic E-state index is 12.9. The third-order valence-electron chi connectivity index (χ3n) is 5.52. The van der Waals surface area contributed by atoms with Crippen LogP contribution in [0.1, 0.15) is 41.5 Å². The minimum absolute atomic E-state index is 0.111. The number of carbonyl (C=O) groups is 1. The molecular formula is C17H20N4O3. The van der Waals surface area contributed by atoms with E-state index in [0.29, 0.717) is 36.4 Å². The Labute approximate surface area is 139 Å². The van der Waals surface area contributed by atoms with E-state index in [1.165, 1.54) is 10.6 Å². The second-order valence-corrected chi connectivity index (χ2v) is 6.89. The molecule has 2 aromatic heterocycles. The molecule has 2 aromatic rings. The van der Waals surface area contributed by atoms with Crippen molar-refractivity contribution in [1.29, 1.82) is 0 Å². The van der Waals surface area contributed by atoms with Crippen LogP contribution in [0.5, 0.6) is 0 Å². The number of hydrogen-bond acceptors (Lipinski definition) is 5. The fourth-order valence-corrected chi connectivity index (χ4v) is 4.23. The van der Waals surface area contributed by atoms with Crippen molar-refractivity contribution in [3.05, 3.63) is 46.0 Å². The molecule has 0 radical (unpaired) electrons. The SMILES string of the molecule is Cc1noc([C@]23CCC[C@H]2CN(C(=O)c2cccc(=O)n2C)C3)n1. The maximum absolute atomic E-state index is 12.9. The molecule has 0 N–H and O–H groups in total. The molecule has 0 bridgehead atoms. The summed E-state index contributed by atoms with van der Waals surface area (Å²) in [4.78, 5) is 31.0. The lowest BCUT2D eigenvalue weighted by atomic mass is 9.80. The molecule has 2 aliphatic rings. The summed E-state index contributed by atoms with van der Waals surface area (Å²) in [6, 6.07) is 4.78. The van der Waals surface area contributed by atoms with Gasteiger partial charge in [0.15, 0.2) is 5.82 Å². The molecular weight excluding hydrogens is 308 g/mol. The summed E-state index contributed by atoms with van der Waals surface area (Å²) >= 11 is 0. The lowest BCUT2D eigenvalue weighted by molar-refractivity contribution is 0.0764. The van der Waals surface area contributed by atoms with Gasteiger partial charge in [-0.05, 0) is 31.7 Å². The van der Waals surface area contributed by atoms with Crippen molar-refractivity contribution in [2.45, 2.75) is 31.6 Å². The highest BCUT2D eigenvalue weighted by molar-refractivity contribution is 5.93. The van der Waals surface area contributed by atoms with Gasteiger partial charge in [0.25, 0.3) is 11.5 Å². The van der Waals surface area contributed by atoms with Crippen LogP contribution in [0.25, 0.3) is 0 Å². The van der Waals surface area contributed by atoms with Gasteiger partial charge in [-0.3, -0.25) is 9.59 Å². The maximum Gasteiger partial charge on any atom is 0.270 e. The molecule has 1 saturated carbocycles. The van der Waals surface area contributed by atoms with Crippen LogP contribution in [0.2, 0.25) is 0 Å². The molecule has 126 valence electrons. The molecule has 7 nitrogen and oxygen atoms in total. The molecule has 0 spiro atoms. The summed E-state index contributed by atoms with van der Waals surface area (Å²) in [6.07, 6.45) is 3.12. The Morgan fingerprint density at radius 3 is 3.00 bits per heavy atom. The summed E-state index contributed by atoms with van der Waals surface area (Å²) in [7, 11) is 1.63. The van der Waals surface area contributed by atoms with Gasteiger partial charge in [-0.1, -0.05) is 17.6 Å². The zero-order valence-corrected chi connectivity index (χ0v) is 13.9. The predicted molar refractivity (Wildman–Crippen MR) is 85.6 cm³/mol. The minimum Gasteiger partial charge on any atom is -0.339 e. The van der Waals surface area contributed by atoms with Crippen molar-refractivity contribution in [1.82, 2.24) is 19.6 Å². The summed E-state index contributed by atoms with van der Waals surface area (Å²) in [5.41, 5.74) is 0.00621. The van der Waals surface area contributed by atoms with Gasteiger partial charge in [-0.25, -0.2) is 0 Å². The van der Waals surface area contributed by atoms with Gasteiger partial charge in [0, 0.05) is 26.2 Å². The lowest BCUT2D eigenvalue weighted by Gasteiger charge is -2.24. The Morgan fingerprint density at radius 2 is 2.25 bits per heavy atom. The molecule has 2 atom stereocenters. The number of nitrogens with zero attached hydrogens (tertiary/aromatic N) is 4. The molecule has 24 heavy (non-hydrogen) atoms. The van der Waals surface area contributed by atoms with Gasteiger partial charge in [-0.2, -0.15) is 4.98 Å². The first-order valence-corrected chi connectivity index (χ1v) is 8.27. The van der Waals surface area contributed by atoms with Crippen LogP contribution in [0.4, 0.5) is 0 Å². The first kappa shape index (κ1) is 15.1. The molecule has 0 aromatic carbocycles. The minimum atomic E-state index is -0.232. The number of hydrogen-bond donors (Lipinski definition) is 0. The Kier molecular flexibility index (Phi) is 3.33. The highest BCUT2D eigenvalue weighted by Gasteiger charge is 2.55. The van der Waals surface area contributed by atoms with Crippen molar-refractivity contribution < 1.29 is 9.32 Å². The van der Waals surface area contributed by atoms with Crippen molar-refractivity contribution in [3.8, 4) is 0 Å². The molecule has 3 heterocycles. The standard InChI is InChI=1S/C17H20N4O3/c1-11-18-16(24-19-11)17-8-4-5-12(17)9-21(10-17)15(23)13-6-3-7-14(22)20(13)2/h3,6-7,12H,4-5,8-10H2,1-2H3/t12-,17-/m0/s1. The third kappa shape index (κ3) is 2.11. The van der Waals surface area contributed by atoms with Crippen molar-refractivity contribution in [2.75, 3.05) is 13.1 Å². The average Bonchev–Trinajstić information content (AvgIpc) is 3.22. The van der Waals surface area contributed by atoms with Crippen LogP contribution in [0.3, 0.4) is 0 Å². The zero-order valence-electron chi connectivity index (χ0n) is 13.9. The van der Waals surface area contributed by atoms with E-state index >= 15 is 0 Å². The van der Waals surface area contributed by atoms with Crippen LogP contribution >= 0.6 is 0 Å². The van der Waals surface area contributed by atoms with Crippen molar-refractivity contribution >= 4 is 5.91 Å². The van der Waals surface area contributed by atoms with Gasteiger partial charge in [-0.15, -0.1) is 0 Å². The van der Waals surface area contributed by atoms with Gasteiger partial charge >= 0.3 is 0 Å². The number of pyridine rings is 1. The van der Waals surface area contributed by atoms with E-state index in [0.717, 1.165) is 19.3 Å². The number of rotatable bonds is 2. The summed E-state index contributed by atoms with van der Waals surface area (Å²) in [6.45, 7) is 3.05. The number of carbonyl (C=O) groups excluding carboxylic acids is 1. The molecule has 4 rings (SSSR count). The Hall–Kier alpha value is -2.44. The quantitative estimate of drug-likeness (QED) is 0.829. The highest BCUT2D eigenvalue weighted by Crippen LogP contribution is 2.50. The largest absolute Gasteiger partial charge is 0.339 e. The van der Waals surface area contributed by atoms with Crippen LogP contribution < -0.4 is 5.56 Å². The zero-order chi connectivity index (χ0) is 16.9. The molecule has 7 heteroatoms. The topological polar surface area (TPSA) is 81.2 Å². The first-order valence-electron chi connectivity index (χ1n) is 8.27. The summed E-state index contributed by atoms with van der Waals surface area (Å²) in [5, 5.41) is 3.94. The average molecular weight is 328 g/mol. The van der Waals surface area contributed by atoms with Crippen LogP contribution in [-0.4, -0.2) is 38.6 Å². The van der Waals surface area contributed by atoms with Gasteiger partial charge in [0.2, 0.25) is 5.89 Å². The molecule has 2 fully saturated rings. The fraction of sp³-hybridized carbons (Fsp3) is 0.529. The molecule has 1 amide bonds.